The molecule has 1 fully saturated rings. The number of thioether (sulfide) groups is 1. The molecule has 0 bridgehead atoms. The fraction of sp³-hybridized carbons (Fsp3) is 0.412. The molecule has 2 aliphatic rings. The molecule has 5 nitrogen and oxygen atoms in total. The van der Waals surface area contributed by atoms with Crippen LogP contribution in [0.2, 0.25) is 0 Å². The lowest BCUT2D eigenvalue weighted by atomic mass is 9.98. The highest BCUT2D eigenvalue weighted by atomic mass is 35.5. The molecule has 0 spiro atoms. The minimum atomic E-state index is 0. The van der Waals surface area contributed by atoms with Crippen molar-refractivity contribution in [2.75, 3.05) is 26.7 Å². The van der Waals surface area contributed by atoms with Crippen molar-refractivity contribution in [3.63, 3.8) is 0 Å². The Morgan fingerprint density at radius 3 is 2.88 bits per heavy atom. The van der Waals surface area contributed by atoms with Gasteiger partial charge in [0.2, 0.25) is 0 Å². The largest absolute Gasteiger partial charge is 0.341 e. The number of imidazole rings is 1. The van der Waals surface area contributed by atoms with Crippen molar-refractivity contribution in [2.24, 2.45) is 5.92 Å². The van der Waals surface area contributed by atoms with Crippen LogP contribution in [0.25, 0.3) is 11.7 Å². The number of likely N-dealkylation sites (N-methyl/N-ethyl adjacent to an activating group) is 1. The smallest absolute Gasteiger partial charge is 0.260 e. The molecule has 2 aliphatic heterocycles. The summed E-state index contributed by atoms with van der Waals surface area (Å²) in [6.07, 6.45) is 6.09. The summed E-state index contributed by atoms with van der Waals surface area (Å²) in [6, 6.07) is 6.01. The number of pyridine rings is 1. The van der Waals surface area contributed by atoms with E-state index < -0.39 is 0 Å². The summed E-state index contributed by atoms with van der Waals surface area (Å²) < 4.78 is 2.09. The lowest BCUT2D eigenvalue weighted by Crippen LogP contribution is -2.37. The molecule has 1 N–H and O–H groups in total. The number of halogens is 2. The Hall–Kier alpha value is -1.21. The zero-order valence-electron chi connectivity index (χ0n) is 14.0. The molecule has 136 valence electrons. The van der Waals surface area contributed by atoms with E-state index >= 15 is 0 Å². The minimum Gasteiger partial charge on any atom is -0.341 e. The number of amides is 1. The van der Waals surface area contributed by atoms with E-state index in [1.165, 1.54) is 11.8 Å². The Morgan fingerprint density at radius 2 is 2.12 bits per heavy atom. The van der Waals surface area contributed by atoms with Gasteiger partial charge in [0.15, 0.2) is 0 Å². The van der Waals surface area contributed by atoms with E-state index in [1.807, 2.05) is 42.4 Å². The second kappa shape index (κ2) is 8.45. The molecular formula is C17H22Cl2N4OS. The molecule has 0 radical (unpaired) electrons. The average molecular weight is 401 g/mol. The van der Waals surface area contributed by atoms with Crippen LogP contribution in [-0.2, 0) is 4.79 Å². The molecular weight excluding hydrogens is 379 g/mol. The predicted molar refractivity (Wildman–Crippen MR) is 107 cm³/mol. The van der Waals surface area contributed by atoms with Gasteiger partial charge in [0.1, 0.15) is 5.65 Å². The fourth-order valence-corrected chi connectivity index (χ4v) is 4.40. The summed E-state index contributed by atoms with van der Waals surface area (Å²) in [6.45, 7) is 2.96. The standard InChI is InChI=1S/C17H20N4OS.2ClH/c1-20(11-12-5-7-18-8-6-12)17(22)14-9-13-10-19-15-3-2-4-16(23-14)21(13)15;;/h2-4,9-10,12,18H,5-8,11H2,1H3;2*1H. The monoisotopic (exact) mass is 400 g/mol. The van der Waals surface area contributed by atoms with Gasteiger partial charge in [-0.2, -0.15) is 0 Å². The van der Waals surface area contributed by atoms with Gasteiger partial charge in [-0.25, -0.2) is 4.98 Å². The van der Waals surface area contributed by atoms with Crippen LogP contribution < -0.4 is 5.32 Å². The van der Waals surface area contributed by atoms with Crippen molar-refractivity contribution in [3.05, 3.63) is 35.0 Å². The van der Waals surface area contributed by atoms with E-state index in [2.05, 4.69) is 14.7 Å². The molecule has 4 heterocycles. The van der Waals surface area contributed by atoms with Crippen LogP contribution in [0.4, 0.5) is 0 Å². The number of hydrogen-bond donors (Lipinski definition) is 1. The number of rotatable bonds is 3. The van der Waals surface area contributed by atoms with Crippen molar-refractivity contribution in [1.29, 1.82) is 0 Å². The summed E-state index contributed by atoms with van der Waals surface area (Å²) in [5.41, 5.74) is 1.91. The molecule has 0 aliphatic carbocycles. The normalized spacial score (nSPS) is 16.6. The lowest BCUT2D eigenvalue weighted by Gasteiger charge is -2.28. The van der Waals surface area contributed by atoms with Gasteiger partial charge in [-0.3, -0.25) is 9.20 Å². The lowest BCUT2D eigenvalue weighted by molar-refractivity contribution is -0.125. The third-order valence-corrected chi connectivity index (χ3v) is 5.60. The zero-order chi connectivity index (χ0) is 15.8. The molecule has 4 rings (SSSR count). The maximum absolute atomic E-state index is 12.8. The minimum absolute atomic E-state index is 0. The zero-order valence-corrected chi connectivity index (χ0v) is 16.4. The Kier molecular flexibility index (Phi) is 6.79. The molecule has 0 saturated carbocycles. The Bertz CT molecular complexity index is 786. The highest BCUT2D eigenvalue weighted by Gasteiger charge is 2.24. The van der Waals surface area contributed by atoms with Gasteiger partial charge in [0.05, 0.1) is 21.8 Å². The Balaban J connectivity index is 0.00000113. The quantitative estimate of drug-likeness (QED) is 0.859. The molecule has 25 heavy (non-hydrogen) atoms. The molecule has 0 unspecified atom stereocenters. The van der Waals surface area contributed by atoms with Gasteiger partial charge in [0.25, 0.3) is 5.91 Å². The topological polar surface area (TPSA) is 49.6 Å². The number of aromatic nitrogens is 2. The summed E-state index contributed by atoms with van der Waals surface area (Å²) in [4.78, 5) is 19.9. The molecule has 2 aromatic heterocycles. The van der Waals surface area contributed by atoms with Crippen molar-refractivity contribution in [3.8, 4) is 0 Å². The van der Waals surface area contributed by atoms with Crippen LogP contribution in [-0.4, -0.2) is 46.9 Å². The Morgan fingerprint density at radius 1 is 1.36 bits per heavy atom. The fourth-order valence-electron chi connectivity index (χ4n) is 3.31. The van der Waals surface area contributed by atoms with Crippen molar-refractivity contribution < 1.29 is 4.79 Å². The van der Waals surface area contributed by atoms with Crippen LogP contribution >= 0.6 is 36.6 Å². The molecule has 8 heteroatoms. The number of nitrogens with one attached hydrogen (secondary N) is 1. The van der Waals surface area contributed by atoms with E-state index in [-0.39, 0.29) is 30.7 Å². The third kappa shape index (κ3) is 3.97. The van der Waals surface area contributed by atoms with E-state index in [1.54, 1.807) is 0 Å². The second-order valence-corrected chi connectivity index (χ2v) is 7.29. The van der Waals surface area contributed by atoms with Gasteiger partial charge >= 0.3 is 0 Å². The predicted octanol–water partition coefficient (Wildman–Crippen LogP) is 3.08. The second-order valence-electron chi connectivity index (χ2n) is 6.23. The van der Waals surface area contributed by atoms with E-state index in [0.29, 0.717) is 5.92 Å². The third-order valence-electron chi connectivity index (χ3n) is 4.56. The van der Waals surface area contributed by atoms with E-state index in [4.69, 9.17) is 0 Å². The maximum atomic E-state index is 12.8. The first-order chi connectivity index (χ1) is 11.2. The van der Waals surface area contributed by atoms with Crippen LogP contribution in [0, 0.1) is 5.92 Å². The molecule has 0 atom stereocenters. The van der Waals surface area contributed by atoms with E-state index in [0.717, 1.165) is 53.7 Å². The number of hydrogen-bond acceptors (Lipinski definition) is 4. The first kappa shape index (κ1) is 20.1. The highest BCUT2D eigenvalue weighted by molar-refractivity contribution is 8.04. The highest BCUT2D eigenvalue weighted by Crippen LogP contribution is 2.35. The molecule has 0 aromatic carbocycles. The van der Waals surface area contributed by atoms with Gasteiger partial charge in [-0.15, -0.1) is 24.8 Å². The van der Waals surface area contributed by atoms with Gasteiger partial charge in [-0.1, -0.05) is 17.8 Å². The number of nitrogens with zero attached hydrogens (tertiary/aromatic N) is 3. The number of carbonyl (C=O) groups is 1. The van der Waals surface area contributed by atoms with Gasteiger partial charge in [-0.05, 0) is 50.1 Å². The summed E-state index contributed by atoms with van der Waals surface area (Å²) in [5, 5.41) is 4.42. The summed E-state index contributed by atoms with van der Waals surface area (Å²) in [5.74, 6) is 0.714. The SMILES string of the molecule is CN(CC1CCNCC1)C(=O)C1=Cc2cnc3cccc(n23)S1.Cl.Cl. The average Bonchev–Trinajstić information content (AvgIpc) is 3.00. The van der Waals surface area contributed by atoms with Crippen molar-refractivity contribution >= 4 is 54.2 Å². The molecule has 1 saturated heterocycles. The van der Waals surface area contributed by atoms with Crippen LogP contribution in [0.5, 0.6) is 0 Å². The van der Waals surface area contributed by atoms with Gasteiger partial charge in [0, 0.05) is 13.6 Å². The molecule has 1 amide bonds. The summed E-state index contributed by atoms with van der Waals surface area (Å²) >= 11 is 1.53. The van der Waals surface area contributed by atoms with E-state index in [9.17, 15) is 4.79 Å². The Labute approximate surface area is 164 Å². The molecule has 2 aromatic rings. The van der Waals surface area contributed by atoms with Crippen molar-refractivity contribution in [2.45, 2.75) is 17.9 Å². The van der Waals surface area contributed by atoms with Gasteiger partial charge < -0.3 is 10.2 Å². The van der Waals surface area contributed by atoms with Crippen LogP contribution in [0.1, 0.15) is 18.5 Å². The first-order valence-electron chi connectivity index (χ1n) is 8.04. The van der Waals surface area contributed by atoms with Crippen LogP contribution in [0.15, 0.2) is 34.3 Å². The maximum Gasteiger partial charge on any atom is 0.260 e. The summed E-state index contributed by atoms with van der Waals surface area (Å²) in [7, 11) is 1.91. The van der Waals surface area contributed by atoms with Crippen LogP contribution in [0.3, 0.4) is 0 Å². The first-order valence-corrected chi connectivity index (χ1v) is 8.86. The van der Waals surface area contributed by atoms with Crippen molar-refractivity contribution in [1.82, 2.24) is 19.6 Å². The number of carbonyl (C=O) groups excluding carboxylic acids is 1. The number of piperidine rings is 1.